The van der Waals surface area contributed by atoms with Crippen LogP contribution in [0.25, 0.3) is 0 Å². The van der Waals surface area contributed by atoms with Crippen molar-refractivity contribution in [3.8, 4) is 0 Å². The first kappa shape index (κ1) is 14.6. The summed E-state index contributed by atoms with van der Waals surface area (Å²) in [6.45, 7) is 9.42. The third-order valence-corrected chi connectivity index (χ3v) is 2.07. The molecule has 18 heavy (non-hydrogen) atoms. The Balaban J connectivity index is 2.71. The standard InChI is InChI=1S/C12H21N3O3/c1-7(2)6-8(13)10-14-9(15-18-10)11(16)17-12(3,4)5/h7-8H,6,13H2,1-5H3. The molecule has 102 valence electrons. The molecule has 1 aromatic rings. The summed E-state index contributed by atoms with van der Waals surface area (Å²) in [5, 5.41) is 3.59. The van der Waals surface area contributed by atoms with E-state index in [0.717, 1.165) is 6.42 Å². The van der Waals surface area contributed by atoms with E-state index in [4.69, 9.17) is 15.0 Å². The SMILES string of the molecule is CC(C)CC(N)c1nc(C(=O)OC(C)(C)C)no1. The average molecular weight is 255 g/mol. The molecule has 0 radical (unpaired) electrons. The number of aromatic nitrogens is 2. The van der Waals surface area contributed by atoms with Crippen LogP contribution in [0.4, 0.5) is 0 Å². The van der Waals surface area contributed by atoms with Gasteiger partial charge in [0.05, 0.1) is 6.04 Å². The van der Waals surface area contributed by atoms with Crippen LogP contribution >= 0.6 is 0 Å². The van der Waals surface area contributed by atoms with Crippen molar-refractivity contribution in [3.05, 3.63) is 11.7 Å². The molecule has 0 aliphatic heterocycles. The second-order valence-electron chi connectivity index (χ2n) is 5.69. The molecule has 0 saturated carbocycles. The van der Waals surface area contributed by atoms with Gasteiger partial charge in [-0.05, 0) is 38.3 Å². The van der Waals surface area contributed by atoms with Gasteiger partial charge in [-0.3, -0.25) is 0 Å². The highest BCUT2D eigenvalue weighted by Crippen LogP contribution is 2.17. The second kappa shape index (κ2) is 5.48. The molecule has 1 aromatic heterocycles. The number of hydrogen-bond acceptors (Lipinski definition) is 6. The van der Waals surface area contributed by atoms with Crippen LogP contribution < -0.4 is 5.73 Å². The fraction of sp³-hybridized carbons (Fsp3) is 0.750. The summed E-state index contributed by atoms with van der Waals surface area (Å²) in [5.41, 5.74) is 5.30. The Labute approximate surface area is 107 Å². The van der Waals surface area contributed by atoms with Crippen LogP contribution in [0.15, 0.2) is 4.52 Å². The number of nitrogens with two attached hydrogens (primary N) is 1. The highest BCUT2D eigenvalue weighted by atomic mass is 16.6. The summed E-state index contributed by atoms with van der Waals surface area (Å²) in [7, 11) is 0. The van der Waals surface area contributed by atoms with E-state index in [9.17, 15) is 4.79 Å². The zero-order chi connectivity index (χ0) is 13.9. The van der Waals surface area contributed by atoms with E-state index in [1.54, 1.807) is 20.8 Å². The summed E-state index contributed by atoms with van der Waals surface area (Å²) >= 11 is 0. The Morgan fingerprint density at radius 1 is 1.44 bits per heavy atom. The molecule has 2 N–H and O–H groups in total. The van der Waals surface area contributed by atoms with E-state index in [0.29, 0.717) is 5.92 Å². The van der Waals surface area contributed by atoms with Gasteiger partial charge in [-0.2, -0.15) is 4.98 Å². The minimum Gasteiger partial charge on any atom is -0.454 e. The monoisotopic (exact) mass is 255 g/mol. The van der Waals surface area contributed by atoms with Crippen molar-refractivity contribution in [2.24, 2.45) is 11.7 Å². The normalized spacial score (nSPS) is 13.7. The van der Waals surface area contributed by atoms with E-state index >= 15 is 0 Å². The lowest BCUT2D eigenvalue weighted by Crippen LogP contribution is -2.24. The zero-order valence-electron chi connectivity index (χ0n) is 11.6. The van der Waals surface area contributed by atoms with E-state index in [-0.39, 0.29) is 17.8 Å². The summed E-state index contributed by atoms with van der Waals surface area (Å²) < 4.78 is 10.1. The van der Waals surface area contributed by atoms with E-state index in [1.807, 2.05) is 13.8 Å². The van der Waals surface area contributed by atoms with Gasteiger partial charge in [0.2, 0.25) is 5.89 Å². The molecule has 0 aromatic carbocycles. The molecule has 0 aliphatic rings. The Kier molecular flexibility index (Phi) is 4.45. The van der Waals surface area contributed by atoms with Gasteiger partial charge in [-0.15, -0.1) is 0 Å². The fourth-order valence-corrected chi connectivity index (χ4v) is 1.40. The van der Waals surface area contributed by atoms with Gasteiger partial charge in [0, 0.05) is 0 Å². The topological polar surface area (TPSA) is 91.2 Å². The van der Waals surface area contributed by atoms with Crippen molar-refractivity contribution in [3.63, 3.8) is 0 Å². The van der Waals surface area contributed by atoms with Crippen LogP contribution in [0.3, 0.4) is 0 Å². The number of nitrogens with zero attached hydrogens (tertiary/aromatic N) is 2. The van der Waals surface area contributed by atoms with Gasteiger partial charge in [-0.1, -0.05) is 13.8 Å². The van der Waals surface area contributed by atoms with E-state index in [1.165, 1.54) is 0 Å². The Morgan fingerprint density at radius 3 is 2.56 bits per heavy atom. The summed E-state index contributed by atoms with van der Waals surface area (Å²) in [5.74, 6) is -0.00480. The molecule has 0 fully saturated rings. The summed E-state index contributed by atoms with van der Waals surface area (Å²) in [6, 6.07) is -0.353. The second-order valence-corrected chi connectivity index (χ2v) is 5.69. The largest absolute Gasteiger partial charge is 0.454 e. The van der Waals surface area contributed by atoms with Gasteiger partial charge in [0.1, 0.15) is 5.60 Å². The summed E-state index contributed by atoms with van der Waals surface area (Å²) in [6.07, 6.45) is 0.718. The molecule has 1 rings (SSSR count). The van der Waals surface area contributed by atoms with Crippen LogP contribution in [0.5, 0.6) is 0 Å². The molecule has 1 atom stereocenters. The molecule has 6 nitrogen and oxygen atoms in total. The number of rotatable bonds is 4. The lowest BCUT2D eigenvalue weighted by molar-refractivity contribution is 0.00527. The van der Waals surface area contributed by atoms with Gasteiger partial charge in [0.25, 0.3) is 5.82 Å². The van der Waals surface area contributed by atoms with Gasteiger partial charge in [-0.25, -0.2) is 4.79 Å². The molecule has 0 amide bonds. The van der Waals surface area contributed by atoms with Crippen molar-refractivity contribution in [2.45, 2.75) is 52.7 Å². The first-order valence-electron chi connectivity index (χ1n) is 6.01. The molecule has 0 bridgehead atoms. The third kappa shape index (κ3) is 4.44. The van der Waals surface area contributed by atoms with E-state index in [2.05, 4.69) is 10.1 Å². The quantitative estimate of drug-likeness (QED) is 0.828. The maximum atomic E-state index is 11.7. The molecule has 1 heterocycles. The van der Waals surface area contributed by atoms with Crippen LogP contribution in [0.2, 0.25) is 0 Å². The smallest absolute Gasteiger partial charge is 0.380 e. The zero-order valence-corrected chi connectivity index (χ0v) is 11.6. The predicted octanol–water partition coefficient (Wildman–Crippen LogP) is 2.07. The number of hydrogen-bond donors (Lipinski definition) is 1. The molecule has 6 heteroatoms. The van der Waals surface area contributed by atoms with Crippen molar-refractivity contribution in [1.29, 1.82) is 0 Å². The number of carbonyl (C=O) groups excluding carboxylic acids is 1. The first-order chi connectivity index (χ1) is 8.19. The molecule has 0 spiro atoms. The van der Waals surface area contributed by atoms with Crippen LogP contribution in [-0.2, 0) is 4.74 Å². The predicted molar refractivity (Wildman–Crippen MR) is 65.8 cm³/mol. The lowest BCUT2D eigenvalue weighted by atomic mass is 10.0. The fourth-order valence-electron chi connectivity index (χ4n) is 1.40. The first-order valence-corrected chi connectivity index (χ1v) is 6.01. The van der Waals surface area contributed by atoms with Gasteiger partial charge < -0.3 is 15.0 Å². The van der Waals surface area contributed by atoms with Crippen molar-refractivity contribution < 1.29 is 14.1 Å². The molecular formula is C12H21N3O3. The van der Waals surface area contributed by atoms with Gasteiger partial charge >= 0.3 is 5.97 Å². The molecule has 1 unspecified atom stereocenters. The lowest BCUT2D eigenvalue weighted by Gasteiger charge is -2.17. The number of carbonyl (C=O) groups is 1. The van der Waals surface area contributed by atoms with E-state index < -0.39 is 11.6 Å². The van der Waals surface area contributed by atoms with Crippen LogP contribution in [0.1, 0.15) is 63.6 Å². The van der Waals surface area contributed by atoms with Crippen LogP contribution in [-0.4, -0.2) is 21.7 Å². The third-order valence-electron chi connectivity index (χ3n) is 2.07. The summed E-state index contributed by atoms with van der Waals surface area (Å²) in [4.78, 5) is 15.6. The van der Waals surface area contributed by atoms with Gasteiger partial charge in [0.15, 0.2) is 0 Å². The molecular weight excluding hydrogens is 234 g/mol. The maximum Gasteiger partial charge on any atom is 0.380 e. The highest BCUT2D eigenvalue weighted by Gasteiger charge is 2.24. The highest BCUT2D eigenvalue weighted by molar-refractivity contribution is 5.85. The minimum atomic E-state index is -0.603. The molecule has 0 aliphatic carbocycles. The Hall–Kier alpha value is -1.43. The molecule has 0 saturated heterocycles. The number of ether oxygens (including phenoxy) is 1. The average Bonchev–Trinajstić information content (AvgIpc) is 2.61. The Bertz CT molecular complexity index is 407. The van der Waals surface area contributed by atoms with Crippen molar-refractivity contribution in [1.82, 2.24) is 10.1 Å². The van der Waals surface area contributed by atoms with Crippen LogP contribution in [0, 0.1) is 5.92 Å². The van der Waals surface area contributed by atoms with Crippen molar-refractivity contribution >= 4 is 5.97 Å². The maximum absolute atomic E-state index is 11.7. The minimum absolute atomic E-state index is 0.0841. The Morgan fingerprint density at radius 2 is 2.06 bits per heavy atom. The van der Waals surface area contributed by atoms with Crippen molar-refractivity contribution in [2.75, 3.05) is 0 Å². The number of esters is 1.